The number of H-pyrrole nitrogens is 1. The highest BCUT2D eigenvalue weighted by Gasteiger charge is 2.12. The van der Waals surface area contributed by atoms with Crippen LogP contribution in [0.5, 0.6) is 5.75 Å². The highest BCUT2D eigenvalue weighted by atomic mass is 35.5. The molecule has 2 N–H and O–H groups in total. The Morgan fingerprint density at radius 2 is 1.88 bits per heavy atom. The first-order valence-electron chi connectivity index (χ1n) is 9.98. The minimum atomic E-state index is -0.291. The highest BCUT2D eigenvalue weighted by molar-refractivity contribution is 7.71. The molecule has 0 radical (unpaired) electrons. The number of aromatic amines is 1. The Kier molecular flexibility index (Phi) is 6.83. The van der Waals surface area contributed by atoms with Crippen molar-refractivity contribution in [2.75, 3.05) is 7.11 Å². The van der Waals surface area contributed by atoms with Crippen molar-refractivity contribution in [3.8, 4) is 5.75 Å². The van der Waals surface area contributed by atoms with E-state index >= 15 is 0 Å². The Bertz CT molecular complexity index is 1480. The average Bonchev–Trinajstić information content (AvgIpc) is 2.82. The summed E-state index contributed by atoms with van der Waals surface area (Å²) in [7, 11) is 1.58. The molecule has 1 amide bonds. The van der Waals surface area contributed by atoms with E-state index in [2.05, 4.69) is 10.3 Å². The lowest BCUT2D eigenvalue weighted by Crippen LogP contribution is -2.25. The van der Waals surface area contributed by atoms with Crippen molar-refractivity contribution in [1.29, 1.82) is 0 Å². The molecule has 0 aliphatic heterocycles. The van der Waals surface area contributed by atoms with Crippen LogP contribution in [0, 0.1) is 4.77 Å². The summed E-state index contributed by atoms with van der Waals surface area (Å²) >= 11 is 17.4. The van der Waals surface area contributed by atoms with Crippen LogP contribution in [0.1, 0.15) is 21.5 Å². The van der Waals surface area contributed by atoms with Gasteiger partial charge in [-0.05, 0) is 54.2 Å². The first-order chi connectivity index (χ1) is 15.9. The summed E-state index contributed by atoms with van der Waals surface area (Å²) < 4.78 is 7.10. The van der Waals surface area contributed by atoms with E-state index in [-0.39, 0.29) is 29.3 Å². The number of ether oxygens (including phenoxy) is 1. The molecule has 0 unspecified atom stereocenters. The number of carbonyl (C=O) groups is 1. The maximum Gasteiger partial charge on any atom is 0.262 e. The molecule has 168 valence electrons. The number of carbonyl (C=O) groups excluding carboxylic acids is 1. The van der Waals surface area contributed by atoms with Gasteiger partial charge in [0.05, 0.1) is 34.6 Å². The molecule has 33 heavy (non-hydrogen) atoms. The van der Waals surface area contributed by atoms with Crippen LogP contribution in [-0.4, -0.2) is 22.6 Å². The van der Waals surface area contributed by atoms with Crippen LogP contribution in [0.4, 0.5) is 0 Å². The van der Waals surface area contributed by atoms with Crippen LogP contribution in [0.15, 0.2) is 65.5 Å². The number of nitrogens with one attached hydrogen (secondary N) is 2. The molecule has 0 spiro atoms. The van der Waals surface area contributed by atoms with E-state index in [9.17, 15) is 9.59 Å². The molecule has 4 rings (SSSR count). The predicted octanol–water partition coefficient (Wildman–Crippen LogP) is 5.35. The zero-order chi connectivity index (χ0) is 23.5. The van der Waals surface area contributed by atoms with Crippen molar-refractivity contribution in [3.63, 3.8) is 0 Å². The van der Waals surface area contributed by atoms with E-state index in [4.69, 9.17) is 40.2 Å². The van der Waals surface area contributed by atoms with Gasteiger partial charge in [0.25, 0.3) is 11.5 Å². The summed E-state index contributed by atoms with van der Waals surface area (Å²) in [6, 6.07) is 17.5. The minimum absolute atomic E-state index is 0.248. The number of aromatic nitrogens is 2. The van der Waals surface area contributed by atoms with Gasteiger partial charge in [-0.3, -0.25) is 14.2 Å². The number of amides is 1. The third-order valence-electron chi connectivity index (χ3n) is 5.20. The number of hydrogen-bond donors (Lipinski definition) is 2. The summed E-state index contributed by atoms with van der Waals surface area (Å²) in [6.45, 7) is 0.546. The third kappa shape index (κ3) is 4.95. The molecule has 4 aromatic rings. The number of rotatable bonds is 6. The fourth-order valence-electron chi connectivity index (χ4n) is 3.48. The van der Waals surface area contributed by atoms with Gasteiger partial charge in [0.1, 0.15) is 5.75 Å². The van der Waals surface area contributed by atoms with Crippen LogP contribution in [0.2, 0.25) is 10.0 Å². The molecule has 1 heterocycles. The zero-order valence-electron chi connectivity index (χ0n) is 17.5. The summed E-state index contributed by atoms with van der Waals surface area (Å²) in [5, 5.41) is 4.14. The fourth-order valence-corrected chi connectivity index (χ4v) is 4.06. The topological polar surface area (TPSA) is 76.1 Å². The van der Waals surface area contributed by atoms with Gasteiger partial charge in [-0.1, -0.05) is 47.5 Å². The molecular weight excluding hydrogens is 481 g/mol. The molecule has 0 bridgehead atoms. The summed E-state index contributed by atoms with van der Waals surface area (Å²) in [5.41, 5.74) is 2.29. The fraction of sp³-hybridized carbons (Fsp3) is 0.125. The lowest BCUT2D eigenvalue weighted by molar-refractivity contribution is 0.0951. The maximum absolute atomic E-state index is 13.1. The average molecular weight is 500 g/mol. The quantitative estimate of drug-likeness (QED) is 0.350. The van der Waals surface area contributed by atoms with E-state index in [0.717, 1.165) is 11.1 Å². The summed E-state index contributed by atoms with van der Waals surface area (Å²) in [4.78, 5) is 28.8. The van der Waals surface area contributed by atoms with Crippen molar-refractivity contribution in [2.45, 2.75) is 13.1 Å². The number of methoxy groups -OCH3 is 1. The number of halogens is 2. The first kappa shape index (κ1) is 23.0. The van der Waals surface area contributed by atoms with Gasteiger partial charge in [0.15, 0.2) is 4.77 Å². The number of para-hydroxylation sites is 1. The van der Waals surface area contributed by atoms with E-state index in [1.807, 2.05) is 24.3 Å². The second-order valence-corrected chi connectivity index (χ2v) is 8.53. The van der Waals surface area contributed by atoms with Gasteiger partial charge in [0, 0.05) is 17.7 Å². The molecular formula is C24H19Cl2N3O3S. The summed E-state index contributed by atoms with van der Waals surface area (Å²) in [5.74, 6) is 0.383. The van der Waals surface area contributed by atoms with E-state index < -0.39 is 0 Å². The Morgan fingerprint density at radius 1 is 1.09 bits per heavy atom. The number of benzene rings is 3. The Hall–Kier alpha value is -3.13. The van der Waals surface area contributed by atoms with E-state index in [1.165, 1.54) is 4.57 Å². The highest BCUT2D eigenvalue weighted by Crippen LogP contribution is 2.23. The molecule has 3 aromatic carbocycles. The predicted molar refractivity (Wildman–Crippen MR) is 133 cm³/mol. The smallest absolute Gasteiger partial charge is 0.262 e. The largest absolute Gasteiger partial charge is 0.496 e. The van der Waals surface area contributed by atoms with Gasteiger partial charge >= 0.3 is 0 Å². The van der Waals surface area contributed by atoms with Crippen molar-refractivity contribution in [2.24, 2.45) is 0 Å². The second kappa shape index (κ2) is 9.79. The zero-order valence-corrected chi connectivity index (χ0v) is 19.9. The normalized spacial score (nSPS) is 10.9. The SMILES string of the molecule is COc1ccccc1Cn1c(=S)[nH]c2cc(C(=O)NCc3ccc(Cl)c(Cl)c3)ccc2c1=O. The molecule has 0 aliphatic carbocycles. The second-order valence-electron chi connectivity index (χ2n) is 7.32. The van der Waals surface area contributed by atoms with Crippen molar-refractivity contribution < 1.29 is 9.53 Å². The van der Waals surface area contributed by atoms with Gasteiger partial charge in [-0.15, -0.1) is 0 Å². The Labute approximate surface area is 204 Å². The molecule has 1 aromatic heterocycles. The van der Waals surface area contributed by atoms with Gasteiger partial charge in [0.2, 0.25) is 0 Å². The van der Waals surface area contributed by atoms with Crippen molar-refractivity contribution >= 4 is 52.2 Å². The molecule has 0 fully saturated rings. The van der Waals surface area contributed by atoms with Crippen molar-refractivity contribution in [1.82, 2.24) is 14.9 Å². The summed E-state index contributed by atoms with van der Waals surface area (Å²) in [6.07, 6.45) is 0. The monoisotopic (exact) mass is 499 g/mol. The molecule has 0 saturated heterocycles. The molecule has 0 atom stereocenters. The Morgan fingerprint density at radius 3 is 2.64 bits per heavy atom. The van der Waals surface area contributed by atoms with Crippen LogP contribution >= 0.6 is 35.4 Å². The van der Waals surface area contributed by atoms with Gasteiger partial charge in [-0.2, -0.15) is 0 Å². The maximum atomic E-state index is 13.1. The van der Waals surface area contributed by atoms with E-state index in [1.54, 1.807) is 43.5 Å². The molecule has 0 aliphatic rings. The Balaban J connectivity index is 1.60. The number of hydrogen-bond acceptors (Lipinski definition) is 4. The van der Waals surface area contributed by atoms with Crippen molar-refractivity contribution in [3.05, 3.63) is 103 Å². The standard InChI is InChI=1S/C24H19Cl2N3O3S/c1-32-21-5-3-2-4-16(21)13-29-23(31)17-8-7-15(11-20(17)28-24(29)33)22(30)27-12-14-6-9-18(25)19(26)10-14/h2-11H,12-13H2,1H3,(H,27,30)(H,28,33). The van der Waals surface area contributed by atoms with Crippen LogP contribution < -0.4 is 15.6 Å². The van der Waals surface area contributed by atoms with Gasteiger partial charge < -0.3 is 15.0 Å². The van der Waals surface area contributed by atoms with Crippen LogP contribution in [0.3, 0.4) is 0 Å². The van der Waals surface area contributed by atoms with Crippen LogP contribution in [0.25, 0.3) is 10.9 Å². The number of fused-ring (bicyclic) bond motifs is 1. The van der Waals surface area contributed by atoms with E-state index in [0.29, 0.717) is 32.3 Å². The minimum Gasteiger partial charge on any atom is -0.496 e. The first-order valence-corrected chi connectivity index (χ1v) is 11.1. The third-order valence-corrected chi connectivity index (χ3v) is 6.26. The lowest BCUT2D eigenvalue weighted by atomic mass is 10.1. The van der Waals surface area contributed by atoms with Crippen LogP contribution in [-0.2, 0) is 13.1 Å². The number of nitrogens with zero attached hydrogens (tertiary/aromatic N) is 1. The lowest BCUT2D eigenvalue weighted by Gasteiger charge is -2.12. The molecule has 6 nitrogen and oxygen atoms in total. The molecule has 9 heteroatoms. The van der Waals surface area contributed by atoms with Gasteiger partial charge in [-0.25, -0.2) is 0 Å². The molecule has 0 saturated carbocycles.